The normalized spacial score (nSPS) is 20.0. The van der Waals surface area contributed by atoms with Crippen LogP contribution < -0.4 is 10.6 Å². The van der Waals surface area contributed by atoms with Crippen LogP contribution in [0.15, 0.2) is 35.1 Å². The topological polar surface area (TPSA) is 104 Å². The Morgan fingerprint density at radius 3 is 2.64 bits per heavy atom. The van der Waals surface area contributed by atoms with Crippen LogP contribution in [0.25, 0.3) is 11.5 Å². The molecule has 1 fully saturated rings. The van der Waals surface area contributed by atoms with E-state index in [1.54, 1.807) is 6.20 Å². The lowest BCUT2D eigenvalue weighted by molar-refractivity contribution is -0.142. The van der Waals surface area contributed by atoms with Crippen molar-refractivity contribution in [3.8, 4) is 11.5 Å². The summed E-state index contributed by atoms with van der Waals surface area (Å²) < 4.78 is 5.32. The molecule has 3 N–H and O–H groups in total. The maximum Gasteiger partial charge on any atom is 0.319 e. The second kappa shape index (κ2) is 7.38. The molecule has 0 bridgehead atoms. The fourth-order valence-corrected chi connectivity index (χ4v) is 3.19. The summed E-state index contributed by atoms with van der Waals surface area (Å²) in [4.78, 5) is 27.4. The number of carboxylic acid groups (broad SMARTS) is 1. The zero-order valence-corrected chi connectivity index (χ0v) is 14.0. The lowest BCUT2D eigenvalue weighted by Crippen LogP contribution is -2.41. The van der Waals surface area contributed by atoms with Crippen molar-refractivity contribution in [2.75, 3.05) is 5.32 Å². The average molecular weight is 343 g/mol. The number of urea groups is 1. The van der Waals surface area contributed by atoms with E-state index < -0.39 is 5.97 Å². The third kappa shape index (κ3) is 3.99. The molecule has 7 nitrogen and oxygen atoms in total. The van der Waals surface area contributed by atoms with Gasteiger partial charge in [0.15, 0.2) is 0 Å². The molecule has 1 heterocycles. The van der Waals surface area contributed by atoms with E-state index in [1.165, 1.54) is 6.26 Å². The summed E-state index contributed by atoms with van der Waals surface area (Å²) >= 11 is 0. The number of hydrogen-bond donors (Lipinski definition) is 3. The number of anilines is 1. The second-order valence-corrected chi connectivity index (χ2v) is 6.30. The van der Waals surface area contributed by atoms with Crippen molar-refractivity contribution in [1.29, 1.82) is 0 Å². The number of carbonyl (C=O) groups is 2. The molecular weight excluding hydrogens is 322 g/mol. The number of benzene rings is 1. The molecule has 7 heteroatoms. The van der Waals surface area contributed by atoms with Crippen LogP contribution in [0, 0.1) is 12.8 Å². The van der Waals surface area contributed by atoms with Gasteiger partial charge in [-0.15, -0.1) is 0 Å². The van der Waals surface area contributed by atoms with Crippen LogP contribution in [0.3, 0.4) is 0 Å². The minimum absolute atomic E-state index is 0.00540. The lowest BCUT2D eigenvalue weighted by Gasteiger charge is -2.27. The Balaban J connectivity index is 1.60. The van der Waals surface area contributed by atoms with Gasteiger partial charge < -0.3 is 20.2 Å². The molecule has 0 unspecified atom stereocenters. The Morgan fingerprint density at radius 1 is 1.24 bits per heavy atom. The summed E-state index contributed by atoms with van der Waals surface area (Å²) in [5.74, 6) is -0.531. The van der Waals surface area contributed by atoms with Crippen molar-refractivity contribution in [2.45, 2.75) is 38.6 Å². The van der Waals surface area contributed by atoms with E-state index in [1.807, 2.05) is 25.1 Å². The van der Waals surface area contributed by atoms with Crippen molar-refractivity contribution in [1.82, 2.24) is 10.3 Å². The van der Waals surface area contributed by atoms with Gasteiger partial charge in [0, 0.05) is 17.3 Å². The summed E-state index contributed by atoms with van der Waals surface area (Å²) in [6.07, 6.45) is 5.64. The highest BCUT2D eigenvalue weighted by molar-refractivity contribution is 5.91. The first-order valence-electron chi connectivity index (χ1n) is 8.34. The van der Waals surface area contributed by atoms with Gasteiger partial charge in [-0.3, -0.25) is 4.79 Å². The van der Waals surface area contributed by atoms with E-state index in [-0.39, 0.29) is 18.0 Å². The first-order valence-corrected chi connectivity index (χ1v) is 8.34. The van der Waals surface area contributed by atoms with E-state index in [2.05, 4.69) is 15.6 Å². The number of rotatable bonds is 4. The Kier molecular flexibility index (Phi) is 5.02. The monoisotopic (exact) mass is 343 g/mol. The van der Waals surface area contributed by atoms with Crippen molar-refractivity contribution < 1.29 is 19.1 Å². The molecule has 0 aliphatic heterocycles. The highest BCUT2D eigenvalue weighted by Crippen LogP contribution is 2.28. The minimum Gasteiger partial charge on any atom is -0.481 e. The SMILES string of the molecule is Cc1c(NC(=O)NC2CCC(C(=O)O)CC2)cccc1-c1ncco1. The van der Waals surface area contributed by atoms with Gasteiger partial charge in [-0.05, 0) is 50.3 Å². The molecule has 0 radical (unpaired) electrons. The Labute approximate surface area is 145 Å². The highest BCUT2D eigenvalue weighted by Gasteiger charge is 2.26. The maximum atomic E-state index is 12.3. The van der Waals surface area contributed by atoms with E-state index in [0.29, 0.717) is 37.3 Å². The van der Waals surface area contributed by atoms with E-state index in [0.717, 1.165) is 11.1 Å². The van der Waals surface area contributed by atoms with Gasteiger partial charge in [-0.25, -0.2) is 9.78 Å². The van der Waals surface area contributed by atoms with Gasteiger partial charge in [0.25, 0.3) is 0 Å². The summed E-state index contributed by atoms with van der Waals surface area (Å²) in [6, 6.07) is 5.26. The Bertz CT molecular complexity index is 750. The molecule has 2 amide bonds. The van der Waals surface area contributed by atoms with Gasteiger partial charge in [0.1, 0.15) is 6.26 Å². The Morgan fingerprint density at radius 2 is 2.00 bits per heavy atom. The van der Waals surface area contributed by atoms with Crippen LogP contribution in [0.5, 0.6) is 0 Å². The molecule has 0 atom stereocenters. The lowest BCUT2D eigenvalue weighted by atomic mass is 9.86. The molecule has 3 rings (SSSR count). The number of aliphatic carboxylic acids is 1. The first-order chi connectivity index (χ1) is 12.0. The first kappa shape index (κ1) is 17.0. The highest BCUT2D eigenvalue weighted by atomic mass is 16.4. The zero-order chi connectivity index (χ0) is 17.8. The van der Waals surface area contributed by atoms with Crippen LogP contribution in [0.1, 0.15) is 31.2 Å². The Hall–Kier alpha value is -2.83. The second-order valence-electron chi connectivity index (χ2n) is 6.30. The summed E-state index contributed by atoms with van der Waals surface area (Å²) in [6.45, 7) is 1.90. The van der Waals surface area contributed by atoms with Crippen LogP contribution in [0.4, 0.5) is 10.5 Å². The van der Waals surface area contributed by atoms with Gasteiger partial charge in [-0.2, -0.15) is 0 Å². The molecule has 1 aromatic heterocycles. The molecule has 0 saturated heterocycles. The summed E-state index contributed by atoms with van der Waals surface area (Å²) in [5.41, 5.74) is 2.38. The zero-order valence-electron chi connectivity index (χ0n) is 14.0. The standard InChI is InChI=1S/C18H21N3O4/c1-11-14(16-19-9-10-25-16)3-2-4-15(11)21-18(24)20-13-7-5-12(6-8-13)17(22)23/h2-4,9-10,12-13H,5-8H2,1H3,(H,22,23)(H2,20,21,24). The quantitative estimate of drug-likeness (QED) is 0.789. The molecule has 1 saturated carbocycles. The van der Waals surface area contributed by atoms with Crippen LogP contribution in [-0.2, 0) is 4.79 Å². The van der Waals surface area contributed by atoms with Crippen molar-refractivity contribution >= 4 is 17.7 Å². The molecule has 0 spiro atoms. The number of hydrogen-bond acceptors (Lipinski definition) is 4. The van der Waals surface area contributed by atoms with Crippen LogP contribution in [-0.4, -0.2) is 28.1 Å². The number of oxazole rings is 1. The van der Waals surface area contributed by atoms with Crippen LogP contribution >= 0.6 is 0 Å². The fourth-order valence-electron chi connectivity index (χ4n) is 3.19. The summed E-state index contributed by atoms with van der Waals surface area (Å²) in [7, 11) is 0. The molecule has 132 valence electrons. The number of nitrogens with one attached hydrogen (secondary N) is 2. The van der Waals surface area contributed by atoms with Crippen LogP contribution in [0.2, 0.25) is 0 Å². The van der Waals surface area contributed by atoms with Crippen molar-refractivity contribution in [2.24, 2.45) is 5.92 Å². The van der Waals surface area contributed by atoms with E-state index >= 15 is 0 Å². The molecule has 1 aliphatic carbocycles. The predicted octanol–water partition coefficient (Wildman–Crippen LogP) is 3.41. The van der Waals surface area contributed by atoms with Gasteiger partial charge in [-0.1, -0.05) is 6.07 Å². The number of amides is 2. The number of carbonyl (C=O) groups excluding carboxylic acids is 1. The fraction of sp³-hybridized carbons (Fsp3) is 0.389. The van der Waals surface area contributed by atoms with Gasteiger partial charge in [0.2, 0.25) is 5.89 Å². The number of aromatic nitrogens is 1. The molecule has 1 aliphatic rings. The summed E-state index contributed by atoms with van der Waals surface area (Å²) in [5, 5.41) is 14.8. The van der Waals surface area contributed by atoms with Gasteiger partial charge in [0.05, 0.1) is 12.1 Å². The largest absolute Gasteiger partial charge is 0.481 e. The smallest absolute Gasteiger partial charge is 0.319 e. The van der Waals surface area contributed by atoms with Crippen molar-refractivity contribution in [3.05, 3.63) is 36.2 Å². The van der Waals surface area contributed by atoms with E-state index in [9.17, 15) is 9.59 Å². The number of nitrogens with zero attached hydrogens (tertiary/aromatic N) is 1. The van der Waals surface area contributed by atoms with Crippen molar-refractivity contribution in [3.63, 3.8) is 0 Å². The predicted molar refractivity (Wildman–Crippen MR) is 92.2 cm³/mol. The minimum atomic E-state index is -0.748. The molecule has 2 aromatic rings. The molecular formula is C18H21N3O4. The average Bonchev–Trinajstić information content (AvgIpc) is 3.11. The molecule has 1 aromatic carbocycles. The molecule has 25 heavy (non-hydrogen) atoms. The number of carboxylic acids is 1. The third-order valence-corrected chi connectivity index (χ3v) is 4.66. The maximum absolute atomic E-state index is 12.3. The third-order valence-electron chi connectivity index (χ3n) is 4.66. The van der Waals surface area contributed by atoms with E-state index in [4.69, 9.17) is 9.52 Å². The van der Waals surface area contributed by atoms with Gasteiger partial charge >= 0.3 is 12.0 Å².